The van der Waals surface area contributed by atoms with Gasteiger partial charge in [-0.15, -0.1) is 0 Å². The molecular weight excluding hydrogens is 264 g/mol. The first-order valence-corrected chi connectivity index (χ1v) is 6.81. The average molecular weight is 278 g/mol. The number of hydrazone groups is 1. The van der Waals surface area contributed by atoms with Crippen LogP contribution in [0.5, 0.6) is 0 Å². The van der Waals surface area contributed by atoms with E-state index >= 15 is 0 Å². The lowest BCUT2D eigenvalue weighted by Gasteiger charge is -2.05. The second-order valence-corrected chi connectivity index (χ2v) is 4.79. The average Bonchev–Trinajstić information content (AvgIpc) is 2.77. The van der Waals surface area contributed by atoms with Crippen LogP contribution in [0.15, 0.2) is 59.7 Å². The summed E-state index contributed by atoms with van der Waals surface area (Å²) in [5.41, 5.74) is 2.04. The fourth-order valence-corrected chi connectivity index (χ4v) is 2.30. The number of hydrogen-bond donors (Lipinski definition) is 0. The van der Waals surface area contributed by atoms with E-state index in [4.69, 9.17) is 0 Å². The number of carbonyl (C=O) groups excluding carboxylic acids is 2. The maximum atomic E-state index is 12.1. The summed E-state index contributed by atoms with van der Waals surface area (Å²) in [6.45, 7) is 0. The van der Waals surface area contributed by atoms with Crippen LogP contribution in [-0.2, 0) is 6.42 Å². The highest BCUT2D eigenvalue weighted by Crippen LogP contribution is 2.22. The van der Waals surface area contributed by atoms with Gasteiger partial charge in [0.05, 0.1) is 11.1 Å². The van der Waals surface area contributed by atoms with Gasteiger partial charge in [-0.2, -0.15) is 10.1 Å². The highest BCUT2D eigenvalue weighted by molar-refractivity contribution is 6.21. The third-order valence-electron chi connectivity index (χ3n) is 3.37. The van der Waals surface area contributed by atoms with E-state index in [1.807, 2.05) is 30.3 Å². The Kier molecular flexibility index (Phi) is 3.60. The molecule has 0 saturated heterocycles. The zero-order valence-corrected chi connectivity index (χ0v) is 11.4. The minimum absolute atomic E-state index is 0.355. The number of imide groups is 1. The summed E-state index contributed by atoms with van der Waals surface area (Å²) in [7, 11) is 0. The summed E-state index contributed by atoms with van der Waals surface area (Å²) in [6, 6.07) is 16.8. The Morgan fingerprint density at radius 2 is 1.43 bits per heavy atom. The highest BCUT2D eigenvalue weighted by atomic mass is 16.2. The van der Waals surface area contributed by atoms with Gasteiger partial charge in [0.15, 0.2) is 0 Å². The zero-order valence-electron chi connectivity index (χ0n) is 11.4. The van der Waals surface area contributed by atoms with Gasteiger partial charge in [-0.1, -0.05) is 42.5 Å². The summed E-state index contributed by atoms with van der Waals surface area (Å²) in [4.78, 5) is 24.1. The quantitative estimate of drug-likeness (QED) is 0.638. The van der Waals surface area contributed by atoms with Crippen LogP contribution in [0.3, 0.4) is 0 Å². The number of hydrogen-bond acceptors (Lipinski definition) is 3. The smallest absolute Gasteiger partial charge is 0.267 e. The Morgan fingerprint density at radius 3 is 2.05 bits per heavy atom. The number of carbonyl (C=O) groups is 2. The minimum Gasteiger partial charge on any atom is -0.267 e. The fraction of sp³-hybridized carbons (Fsp3) is 0.118. The predicted molar refractivity (Wildman–Crippen MR) is 80.2 cm³/mol. The molecule has 0 aromatic heterocycles. The van der Waals surface area contributed by atoms with E-state index in [0.717, 1.165) is 11.4 Å². The Hall–Kier alpha value is -2.75. The standard InChI is InChI=1S/C17H14N2O2/c20-16-14-10-4-5-11-15(14)17(21)19(16)18-12-6-9-13-7-2-1-3-8-13/h1-5,7-8,10-12H,6,9H2/b18-12-. The second kappa shape index (κ2) is 5.71. The molecule has 1 aliphatic rings. The number of nitrogens with zero attached hydrogens (tertiary/aromatic N) is 2. The van der Waals surface area contributed by atoms with Crippen LogP contribution in [0.2, 0.25) is 0 Å². The number of benzene rings is 2. The van der Waals surface area contributed by atoms with Crippen molar-refractivity contribution in [3.8, 4) is 0 Å². The summed E-state index contributed by atoms with van der Waals surface area (Å²) in [5, 5.41) is 4.96. The SMILES string of the molecule is O=C1c2ccccc2C(=O)N1/N=C\CCc1ccccc1. The molecule has 0 spiro atoms. The predicted octanol–water partition coefficient (Wildman–Crippen LogP) is 2.90. The van der Waals surface area contributed by atoms with Gasteiger partial charge in [-0.25, -0.2) is 0 Å². The van der Waals surface area contributed by atoms with Crippen LogP contribution in [0, 0.1) is 0 Å². The van der Waals surface area contributed by atoms with Crippen LogP contribution < -0.4 is 0 Å². The molecule has 0 atom stereocenters. The molecule has 4 nitrogen and oxygen atoms in total. The molecule has 1 aliphatic heterocycles. The fourth-order valence-electron chi connectivity index (χ4n) is 2.30. The molecule has 0 radical (unpaired) electrons. The number of fused-ring (bicyclic) bond motifs is 1. The van der Waals surface area contributed by atoms with E-state index < -0.39 is 0 Å². The van der Waals surface area contributed by atoms with Crippen molar-refractivity contribution >= 4 is 18.0 Å². The summed E-state index contributed by atoms with van der Waals surface area (Å²) < 4.78 is 0. The molecular formula is C17H14N2O2. The Balaban J connectivity index is 1.65. The van der Waals surface area contributed by atoms with E-state index in [-0.39, 0.29) is 11.8 Å². The molecule has 2 amide bonds. The lowest BCUT2D eigenvalue weighted by molar-refractivity contribution is 0.0659. The van der Waals surface area contributed by atoms with Crippen molar-refractivity contribution in [3.05, 3.63) is 71.3 Å². The molecule has 0 bridgehead atoms. The summed E-state index contributed by atoms with van der Waals surface area (Å²) in [5.74, 6) is -0.710. The third-order valence-corrected chi connectivity index (χ3v) is 3.37. The molecule has 2 aromatic carbocycles. The first kappa shape index (κ1) is 13.2. The van der Waals surface area contributed by atoms with Gasteiger partial charge in [0.25, 0.3) is 11.8 Å². The van der Waals surface area contributed by atoms with E-state index in [1.165, 1.54) is 5.56 Å². The van der Waals surface area contributed by atoms with Crippen molar-refractivity contribution in [1.29, 1.82) is 0 Å². The number of rotatable bonds is 4. The van der Waals surface area contributed by atoms with Crippen LogP contribution in [0.4, 0.5) is 0 Å². The molecule has 2 aromatic rings. The Bertz CT molecular complexity index is 673. The zero-order chi connectivity index (χ0) is 14.7. The van der Waals surface area contributed by atoms with Gasteiger partial charge >= 0.3 is 0 Å². The van der Waals surface area contributed by atoms with Crippen molar-refractivity contribution in [2.24, 2.45) is 5.10 Å². The first-order chi connectivity index (χ1) is 10.3. The third kappa shape index (κ3) is 2.60. The van der Waals surface area contributed by atoms with Crippen molar-refractivity contribution < 1.29 is 9.59 Å². The van der Waals surface area contributed by atoms with Crippen molar-refractivity contribution in [1.82, 2.24) is 5.01 Å². The van der Waals surface area contributed by atoms with Gasteiger partial charge in [-0.05, 0) is 30.5 Å². The van der Waals surface area contributed by atoms with Crippen LogP contribution in [-0.4, -0.2) is 23.0 Å². The van der Waals surface area contributed by atoms with Crippen LogP contribution >= 0.6 is 0 Å². The monoisotopic (exact) mass is 278 g/mol. The molecule has 104 valence electrons. The molecule has 21 heavy (non-hydrogen) atoms. The largest absolute Gasteiger partial charge is 0.282 e. The molecule has 4 heteroatoms. The topological polar surface area (TPSA) is 49.7 Å². The van der Waals surface area contributed by atoms with Crippen molar-refractivity contribution in [2.75, 3.05) is 0 Å². The van der Waals surface area contributed by atoms with Gasteiger partial charge < -0.3 is 0 Å². The Labute approximate surface area is 122 Å². The maximum absolute atomic E-state index is 12.1. The molecule has 0 unspecified atom stereocenters. The Morgan fingerprint density at radius 1 is 0.857 bits per heavy atom. The molecule has 0 aliphatic carbocycles. The normalized spacial score (nSPS) is 14.0. The molecule has 0 saturated carbocycles. The molecule has 0 fully saturated rings. The molecule has 3 rings (SSSR count). The van der Waals surface area contributed by atoms with Crippen LogP contribution in [0.1, 0.15) is 32.7 Å². The summed E-state index contributed by atoms with van der Waals surface area (Å²) in [6.07, 6.45) is 3.12. The number of aryl methyl sites for hydroxylation is 1. The second-order valence-electron chi connectivity index (χ2n) is 4.79. The molecule has 0 N–H and O–H groups in total. The van der Waals surface area contributed by atoms with E-state index in [0.29, 0.717) is 17.5 Å². The lowest BCUT2D eigenvalue weighted by atomic mass is 10.1. The van der Waals surface area contributed by atoms with Gasteiger partial charge in [-0.3, -0.25) is 9.59 Å². The molecule has 1 heterocycles. The van der Waals surface area contributed by atoms with Gasteiger partial charge in [0.1, 0.15) is 0 Å². The number of amides is 2. The summed E-state index contributed by atoms with van der Waals surface area (Å²) >= 11 is 0. The lowest BCUT2D eigenvalue weighted by Crippen LogP contribution is -2.23. The van der Waals surface area contributed by atoms with E-state index in [2.05, 4.69) is 5.10 Å². The highest BCUT2D eigenvalue weighted by Gasteiger charge is 2.34. The van der Waals surface area contributed by atoms with Gasteiger partial charge in [0.2, 0.25) is 0 Å². The maximum Gasteiger partial charge on any atom is 0.282 e. The van der Waals surface area contributed by atoms with Crippen molar-refractivity contribution in [3.63, 3.8) is 0 Å². The van der Waals surface area contributed by atoms with Gasteiger partial charge in [0, 0.05) is 6.21 Å². The van der Waals surface area contributed by atoms with E-state index in [1.54, 1.807) is 30.5 Å². The van der Waals surface area contributed by atoms with Crippen molar-refractivity contribution in [2.45, 2.75) is 12.8 Å². The first-order valence-electron chi connectivity index (χ1n) is 6.81. The van der Waals surface area contributed by atoms with E-state index in [9.17, 15) is 9.59 Å². The van der Waals surface area contributed by atoms with Crippen LogP contribution in [0.25, 0.3) is 0 Å². The minimum atomic E-state index is -0.355.